The van der Waals surface area contributed by atoms with E-state index in [2.05, 4.69) is 34.4 Å². The molecular formula is C32H35FN4O5. The van der Waals surface area contributed by atoms with Crippen LogP contribution in [-0.4, -0.2) is 61.6 Å². The fraction of sp³-hybridized carbons (Fsp3) is 0.281. The van der Waals surface area contributed by atoms with Crippen LogP contribution in [0.15, 0.2) is 72.9 Å². The zero-order chi connectivity index (χ0) is 29.9. The molecule has 42 heavy (non-hydrogen) atoms. The molecule has 4 rings (SSSR count). The number of anilines is 1. The van der Waals surface area contributed by atoms with Crippen molar-refractivity contribution in [2.24, 2.45) is 0 Å². The molecule has 3 aromatic carbocycles. The molecule has 10 heteroatoms. The Bertz CT molecular complexity index is 1510. The number of aromatic nitrogens is 1. The summed E-state index contributed by atoms with van der Waals surface area (Å²) >= 11 is 0. The highest BCUT2D eigenvalue weighted by Crippen LogP contribution is 2.37. The fourth-order valence-electron chi connectivity index (χ4n) is 4.33. The SMILES string of the molecule is CCN(CC)CCOc1cc2nccc(Oc3ccc(NC(=O)C(=O)NCCc4ccccc4)cc3F)c2cc1OC. The average molecular weight is 575 g/mol. The average Bonchev–Trinajstić information content (AvgIpc) is 3.00. The largest absolute Gasteiger partial charge is 0.493 e. The zero-order valence-corrected chi connectivity index (χ0v) is 24.0. The van der Waals surface area contributed by atoms with Crippen LogP contribution in [0.5, 0.6) is 23.0 Å². The van der Waals surface area contributed by atoms with Crippen molar-refractivity contribution < 1.29 is 28.2 Å². The molecule has 2 N–H and O–H groups in total. The number of benzene rings is 3. The van der Waals surface area contributed by atoms with Gasteiger partial charge in [0.15, 0.2) is 23.1 Å². The summed E-state index contributed by atoms with van der Waals surface area (Å²) in [5.41, 5.74) is 1.75. The van der Waals surface area contributed by atoms with Gasteiger partial charge in [0.1, 0.15) is 12.4 Å². The Kier molecular flexibility index (Phi) is 10.7. The van der Waals surface area contributed by atoms with Crippen LogP contribution in [0, 0.1) is 5.82 Å². The first-order valence-corrected chi connectivity index (χ1v) is 13.8. The molecule has 4 aromatic rings. The molecule has 0 atom stereocenters. The lowest BCUT2D eigenvalue weighted by Crippen LogP contribution is -2.36. The van der Waals surface area contributed by atoms with Gasteiger partial charge in [-0.2, -0.15) is 0 Å². The molecule has 0 fully saturated rings. The second kappa shape index (κ2) is 14.8. The molecule has 9 nitrogen and oxygen atoms in total. The van der Waals surface area contributed by atoms with E-state index in [9.17, 15) is 9.59 Å². The van der Waals surface area contributed by atoms with Gasteiger partial charge in [-0.05, 0) is 49.3 Å². The Balaban J connectivity index is 1.40. The number of nitrogens with one attached hydrogen (secondary N) is 2. The molecule has 0 saturated heterocycles. The van der Waals surface area contributed by atoms with E-state index in [1.54, 1.807) is 31.5 Å². The third-order valence-electron chi connectivity index (χ3n) is 6.70. The molecule has 0 unspecified atom stereocenters. The number of carbonyl (C=O) groups excluding carboxylic acids is 2. The predicted octanol–water partition coefficient (Wildman–Crippen LogP) is 5.19. The first-order valence-electron chi connectivity index (χ1n) is 13.8. The number of fused-ring (bicyclic) bond motifs is 1. The van der Waals surface area contributed by atoms with Crippen molar-refractivity contribution in [2.75, 3.05) is 45.2 Å². The van der Waals surface area contributed by atoms with Crippen LogP contribution >= 0.6 is 0 Å². The van der Waals surface area contributed by atoms with Crippen molar-refractivity contribution in [3.05, 3.63) is 84.3 Å². The summed E-state index contributed by atoms with van der Waals surface area (Å²) in [6.07, 6.45) is 2.15. The number of hydrogen-bond acceptors (Lipinski definition) is 7. The number of amides is 2. The van der Waals surface area contributed by atoms with Crippen LogP contribution in [0.1, 0.15) is 19.4 Å². The van der Waals surface area contributed by atoms with Gasteiger partial charge in [-0.3, -0.25) is 14.6 Å². The van der Waals surface area contributed by atoms with E-state index >= 15 is 4.39 Å². The van der Waals surface area contributed by atoms with Gasteiger partial charge in [-0.25, -0.2) is 4.39 Å². The molecule has 0 bridgehead atoms. The van der Waals surface area contributed by atoms with E-state index in [1.807, 2.05) is 30.3 Å². The number of nitrogens with zero attached hydrogens (tertiary/aromatic N) is 2. The van der Waals surface area contributed by atoms with Gasteiger partial charge in [-0.1, -0.05) is 44.2 Å². The van der Waals surface area contributed by atoms with E-state index < -0.39 is 17.6 Å². The van der Waals surface area contributed by atoms with Gasteiger partial charge in [-0.15, -0.1) is 0 Å². The van der Waals surface area contributed by atoms with Crippen molar-refractivity contribution in [1.29, 1.82) is 0 Å². The van der Waals surface area contributed by atoms with Crippen LogP contribution < -0.4 is 24.8 Å². The molecule has 0 aliphatic heterocycles. The number of rotatable bonds is 13. The molecular weight excluding hydrogens is 539 g/mol. The van der Waals surface area contributed by atoms with Crippen molar-refractivity contribution in [1.82, 2.24) is 15.2 Å². The number of halogens is 1. The zero-order valence-electron chi connectivity index (χ0n) is 24.0. The molecule has 220 valence electrons. The van der Waals surface area contributed by atoms with E-state index in [1.165, 1.54) is 12.1 Å². The van der Waals surface area contributed by atoms with Crippen molar-refractivity contribution in [3.8, 4) is 23.0 Å². The van der Waals surface area contributed by atoms with Crippen LogP contribution in [0.4, 0.5) is 10.1 Å². The van der Waals surface area contributed by atoms with Crippen molar-refractivity contribution in [2.45, 2.75) is 20.3 Å². The Hall–Kier alpha value is -4.70. The number of likely N-dealkylation sites (N-methyl/N-ethyl adjacent to an activating group) is 1. The Morgan fingerprint density at radius 1 is 0.905 bits per heavy atom. The molecule has 1 heterocycles. The van der Waals surface area contributed by atoms with Crippen molar-refractivity contribution in [3.63, 3.8) is 0 Å². The monoisotopic (exact) mass is 574 g/mol. The first-order chi connectivity index (χ1) is 20.4. The molecule has 0 spiro atoms. The maximum atomic E-state index is 15.0. The molecule has 0 radical (unpaired) electrons. The lowest BCUT2D eigenvalue weighted by Gasteiger charge is -2.19. The molecule has 1 aromatic heterocycles. The summed E-state index contributed by atoms with van der Waals surface area (Å²) < 4.78 is 32.4. The highest BCUT2D eigenvalue weighted by molar-refractivity contribution is 6.39. The van der Waals surface area contributed by atoms with Crippen molar-refractivity contribution >= 4 is 28.4 Å². The summed E-state index contributed by atoms with van der Waals surface area (Å²) in [6, 6.07) is 18.6. The highest BCUT2D eigenvalue weighted by atomic mass is 19.1. The number of hydrogen-bond donors (Lipinski definition) is 2. The van der Waals surface area contributed by atoms with Gasteiger partial charge in [0.05, 0.1) is 12.6 Å². The highest BCUT2D eigenvalue weighted by Gasteiger charge is 2.17. The quantitative estimate of drug-likeness (QED) is 0.212. The second-order valence-corrected chi connectivity index (χ2v) is 9.40. The summed E-state index contributed by atoms with van der Waals surface area (Å²) in [5.74, 6) is -1.06. The van der Waals surface area contributed by atoms with Crippen LogP contribution in [0.3, 0.4) is 0 Å². The summed E-state index contributed by atoms with van der Waals surface area (Å²) in [7, 11) is 1.55. The maximum Gasteiger partial charge on any atom is 0.313 e. The lowest BCUT2D eigenvalue weighted by atomic mass is 10.1. The number of ether oxygens (including phenoxy) is 3. The molecule has 2 amide bonds. The van der Waals surface area contributed by atoms with E-state index in [4.69, 9.17) is 14.2 Å². The summed E-state index contributed by atoms with van der Waals surface area (Å²) in [6.45, 7) is 7.64. The second-order valence-electron chi connectivity index (χ2n) is 9.40. The Morgan fingerprint density at radius 2 is 1.69 bits per heavy atom. The summed E-state index contributed by atoms with van der Waals surface area (Å²) in [5, 5.41) is 5.58. The minimum Gasteiger partial charge on any atom is -0.493 e. The van der Waals surface area contributed by atoms with Gasteiger partial charge >= 0.3 is 11.8 Å². The third kappa shape index (κ3) is 7.94. The topological polar surface area (TPSA) is 102 Å². The van der Waals surface area contributed by atoms with E-state index in [0.717, 1.165) is 31.3 Å². The lowest BCUT2D eigenvalue weighted by molar-refractivity contribution is -0.136. The summed E-state index contributed by atoms with van der Waals surface area (Å²) in [4.78, 5) is 31.1. The molecule has 0 saturated carbocycles. The normalized spacial score (nSPS) is 10.9. The van der Waals surface area contributed by atoms with E-state index in [-0.39, 0.29) is 11.4 Å². The predicted molar refractivity (Wildman–Crippen MR) is 160 cm³/mol. The standard InChI is InChI=1S/C32H35FN4O5/c1-4-37(5-2)17-18-41-30-21-26-24(20-29(30)40-3)27(14-16-34-26)42-28-12-11-23(19-25(28)33)36-32(39)31(38)35-15-13-22-9-7-6-8-10-22/h6-12,14,16,19-21H,4-5,13,15,17-18H2,1-3H3,(H,35,38)(H,36,39). The number of pyridine rings is 1. The van der Waals surface area contributed by atoms with Gasteiger partial charge in [0.25, 0.3) is 0 Å². The van der Waals surface area contributed by atoms with Gasteiger partial charge < -0.3 is 29.7 Å². The Morgan fingerprint density at radius 3 is 2.40 bits per heavy atom. The first kappa shape index (κ1) is 30.3. The maximum absolute atomic E-state index is 15.0. The fourth-order valence-corrected chi connectivity index (χ4v) is 4.33. The molecule has 0 aliphatic carbocycles. The van der Waals surface area contributed by atoms with Crippen LogP contribution in [0.25, 0.3) is 10.9 Å². The van der Waals surface area contributed by atoms with Gasteiger partial charge in [0.2, 0.25) is 0 Å². The number of carbonyl (C=O) groups is 2. The van der Waals surface area contributed by atoms with Crippen LogP contribution in [0.2, 0.25) is 0 Å². The smallest absolute Gasteiger partial charge is 0.313 e. The molecule has 0 aliphatic rings. The minimum atomic E-state index is -0.890. The van der Waals surface area contributed by atoms with Gasteiger partial charge in [0, 0.05) is 42.5 Å². The minimum absolute atomic E-state index is 0.0636. The Labute approximate surface area is 244 Å². The third-order valence-corrected chi connectivity index (χ3v) is 6.70. The van der Waals surface area contributed by atoms with Crippen LogP contribution in [-0.2, 0) is 16.0 Å². The van der Waals surface area contributed by atoms with E-state index in [0.29, 0.717) is 47.7 Å². The number of methoxy groups -OCH3 is 1.